The fourth-order valence-electron chi connectivity index (χ4n) is 4.64. The molecule has 0 spiro atoms. The van der Waals surface area contributed by atoms with Crippen LogP contribution >= 0.6 is 23.2 Å². The first kappa shape index (κ1) is 25.3. The Morgan fingerprint density at radius 3 is 2.30 bits per heavy atom. The van der Waals surface area contributed by atoms with Crippen LogP contribution < -0.4 is 10.1 Å². The van der Waals surface area contributed by atoms with E-state index in [1.807, 2.05) is 42.5 Å². The monoisotopic (exact) mass is 531 g/mol. The lowest BCUT2D eigenvalue weighted by Crippen LogP contribution is -2.16. The number of halogens is 2. The molecule has 5 rings (SSSR count). The Bertz CT molecular complexity index is 1410. The minimum atomic E-state index is -0.157. The number of Topliss-reactive ketones (excluding diaryl/α,β-unsaturated/α-hetero) is 1. The summed E-state index contributed by atoms with van der Waals surface area (Å²) in [5.41, 5.74) is 6.68. The van der Waals surface area contributed by atoms with Crippen molar-refractivity contribution in [2.24, 2.45) is 0 Å². The smallest absolute Gasteiger partial charge is 0.170 e. The number of nitrogens with one attached hydrogen (secondary N) is 1. The topological polar surface area (TPSA) is 58.6 Å². The maximum absolute atomic E-state index is 13.5. The van der Waals surface area contributed by atoms with Crippen LogP contribution in [0.15, 0.2) is 78.9 Å². The van der Waals surface area contributed by atoms with Crippen molar-refractivity contribution < 1.29 is 14.6 Å². The van der Waals surface area contributed by atoms with Gasteiger partial charge in [-0.25, -0.2) is 0 Å². The summed E-state index contributed by atoms with van der Waals surface area (Å²) in [6, 6.07) is 25.0. The molecular formula is C31H27Cl2NO3. The van der Waals surface area contributed by atoms with Crippen molar-refractivity contribution in [1.82, 2.24) is 5.32 Å². The molecule has 4 nitrogen and oxygen atoms in total. The number of phenols is 1. The normalized spacial score (nSPS) is 13.0. The third-order valence-electron chi connectivity index (χ3n) is 6.65. The number of ether oxygens (including phenoxy) is 1. The summed E-state index contributed by atoms with van der Waals surface area (Å²) in [4.78, 5) is 13.5. The third-order valence-corrected chi connectivity index (χ3v) is 7.22. The van der Waals surface area contributed by atoms with Crippen molar-refractivity contribution in [1.29, 1.82) is 0 Å². The Morgan fingerprint density at radius 2 is 1.54 bits per heavy atom. The molecule has 2 N–H and O–H groups in total. The Kier molecular flexibility index (Phi) is 7.80. The number of ketones is 1. The second kappa shape index (κ2) is 11.4. The van der Waals surface area contributed by atoms with Gasteiger partial charge in [0.1, 0.15) is 12.4 Å². The van der Waals surface area contributed by atoms with Crippen molar-refractivity contribution in [2.45, 2.75) is 25.9 Å². The van der Waals surface area contributed by atoms with E-state index in [1.54, 1.807) is 18.2 Å². The number of hydrogen-bond acceptors (Lipinski definition) is 4. The highest BCUT2D eigenvalue weighted by Crippen LogP contribution is 2.38. The van der Waals surface area contributed by atoms with Gasteiger partial charge in [-0.15, -0.1) is 0 Å². The highest BCUT2D eigenvalue weighted by molar-refractivity contribution is 6.37. The van der Waals surface area contributed by atoms with E-state index in [4.69, 9.17) is 27.9 Å². The molecule has 0 atom stereocenters. The Hall–Kier alpha value is -3.31. The molecule has 4 aromatic carbocycles. The molecule has 0 saturated carbocycles. The highest BCUT2D eigenvalue weighted by atomic mass is 35.5. The number of fused-ring (bicyclic) bond motifs is 1. The lowest BCUT2D eigenvalue weighted by molar-refractivity contribution is 0.0988. The largest absolute Gasteiger partial charge is 0.505 e. The van der Waals surface area contributed by atoms with Gasteiger partial charge in [0.15, 0.2) is 11.5 Å². The molecule has 0 amide bonds. The van der Waals surface area contributed by atoms with Gasteiger partial charge in [-0.3, -0.25) is 4.79 Å². The van der Waals surface area contributed by atoms with Crippen LogP contribution in [0, 0.1) is 0 Å². The summed E-state index contributed by atoms with van der Waals surface area (Å²) in [5.74, 6) is 0.324. The second-order valence-corrected chi connectivity index (χ2v) is 10.0. The first-order chi connectivity index (χ1) is 18.0. The van der Waals surface area contributed by atoms with Crippen LogP contribution in [0.4, 0.5) is 0 Å². The van der Waals surface area contributed by atoms with Gasteiger partial charge in [-0.2, -0.15) is 0 Å². The van der Waals surface area contributed by atoms with Crippen LogP contribution in [-0.2, 0) is 25.9 Å². The van der Waals surface area contributed by atoms with E-state index >= 15 is 0 Å². The van der Waals surface area contributed by atoms with Crippen LogP contribution in [0.3, 0.4) is 0 Å². The van der Waals surface area contributed by atoms with E-state index in [2.05, 4.69) is 23.5 Å². The summed E-state index contributed by atoms with van der Waals surface area (Å²) in [5, 5.41) is 13.7. The van der Waals surface area contributed by atoms with Crippen LogP contribution in [0.2, 0.25) is 10.0 Å². The fourth-order valence-corrected chi connectivity index (χ4v) is 5.12. The predicted molar refractivity (Wildman–Crippen MR) is 149 cm³/mol. The number of carbonyl (C=O) groups is 1. The van der Waals surface area contributed by atoms with Crippen molar-refractivity contribution >= 4 is 29.0 Å². The molecule has 0 bridgehead atoms. The summed E-state index contributed by atoms with van der Waals surface area (Å²) in [6.07, 6.45) is 2.27. The van der Waals surface area contributed by atoms with E-state index in [-0.39, 0.29) is 21.6 Å². The Morgan fingerprint density at radius 1 is 0.811 bits per heavy atom. The molecule has 1 aliphatic rings. The fraction of sp³-hybridized carbons (Fsp3) is 0.194. The molecule has 0 fully saturated rings. The number of benzene rings is 4. The summed E-state index contributed by atoms with van der Waals surface area (Å²) < 4.78 is 6.19. The molecule has 4 aromatic rings. The Balaban J connectivity index is 1.45. The minimum Gasteiger partial charge on any atom is -0.505 e. The predicted octanol–water partition coefficient (Wildman–Crippen LogP) is 7.06. The van der Waals surface area contributed by atoms with Crippen molar-refractivity contribution in [2.75, 3.05) is 13.1 Å². The van der Waals surface area contributed by atoms with E-state index in [9.17, 15) is 9.90 Å². The lowest BCUT2D eigenvalue weighted by Gasteiger charge is -2.15. The van der Waals surface area contributed by atoms with Gasteiger partial charge in [0, 0.05) is 6.42 Å². The summed E-state index contributed by atoms with van der Waals surface area (Å²) >= 11 is 12.3. The maximum atomic E-state index is 13.5. The Labute approximate surface area is 226 Å². The van der Waals surface area contributed by atoms with Crippen molar-refractivity contribution in [3.05, 3.63) is 117 Å². The standard InChI is InChI=1S/C31H27Cl2NO3/c32-27-16-25(17-28(33)31(27)36)23-8-9-26(30(18-23)37-19-20-4-2-1-3-5-20)29(35)15-21-6-7-22-10-12-34-13-11-24(22)14-21/h1-9,14,16-18,34,36H,10-13,15,19H2. The average Bonchev–Trinajstić information content (AvgIpc) is 3.16. The van der Waals surface area contributed by atoms with Crippen molar-refractivity contribution in [3.63, 3.8) is 0 Å². The minimum absolute atomic E-state index is 0.0110. The zero-order valence-electron chi connectivity index (χ0n) is 20.3. The number of phenolic OH excluding ortho intramolecular Hbond substituents is 1. The zero-order chi connectivity index (χ0) is 25.8. The van der Waals surface area contributed by atoms with Gasteiger partial charge >= 0.3 is 0 Å². The molecule has 1 heterocycles. The number of hydrogen-bond donors (Lipinski definition) is 2. The molecule has 0 unspecified atom stereocenters. The zero-order valence-corrected chi connectivity index (χ0v) is 21.8. The van der Waals surface area contributed by atoms with Gasteiger partial charge in [-0.05, 0) is 83.6 Å². The first-order valence-corrected chi connectivity index (χ1v) is 13.1. The van der Waals surface area contributed by atoms with Crippen LogP contribution in [0.25, 0.3) is 11.1 Å². The SMILES string of the molecule is O=C(Cc1ccc2c(c1)CCNCC2)c1ccc(-c2cc(Cl)c(O)c(Cl)c2)cc1OCc1ccccc1. The van der Waals surface area contributed by atoms with Gasteiger partial charge in [0.2, 0.25) is 0 Å². The quantitative estimate of drug-likeness (QED) is 0.250. The van der Waals surface area contributed by atoms with E-state index in [0.29, 0.717) is 24.3 Å². The number of aromatic hydroxyl groups is 1. The average molecular weight is 532 g/mol. The van der Waals surface area contributed by atoms with Crippen LogP contribution in [0.5, 0.6) is 11.5 Å². The molecule has 1 aliphatic heterocycles. The highest BCUT2D eigenvalue weighted by Gasteiger charge is 2.17. The number of carbonyl (C=O) groups excluding carboxylic acids is 1. The molecule has 188 valence electrons. The van der Waals surface area contributed by atoms with E-state index < -0.39 is 0 Å². The lowest BCUT2D eigenvalue weighted by atomic mass is 9.95. The first-order valence-electron chi connectivity index (χ1n) is 12.3. The number of rotatable bonds is 7. The molecule has 0 aliphatic carbocycles. The third kappa shape index (κ3) is 5.99. The van der Waals surface area contributed by atoms with Crippen molar-refractivity contribution in [3.8, 4) is 22.6 Å². The molecule has 0 aromatic heterocycles. The summed E-state index contributed by atoms with van der Waals surface area (Å²) in [7, 11) is 0. The maximum Gasteiger partial charge on any atom is 0.170 e. The summed E-state index contributed by atoms with van der Waals surface area (Å²) in [6.45, 7) is 2.26. The van der Waals surface area contributed by atoms with Gasteiger partial charge in [0.25, 0.3) is 0 Å². The molecule has 0 radical (unpaired) electrons. The van der Waals surface area contributed by atoms with E-state index in [1.165, 1.54) is 11.1 Å². The van der Waals surface area contributed by atoms with Gasteiger partial charge < -0.3 is 15.2 Å². The van der Waals surface area contributed by atoms with Crippen LogP contribution in [-0.4, -0.2) is 24.0 Å². The molecule has 37 heavy (non-hydrogen) atoms. The molecular weight excluding hydrogens is 505 g/mol. The van der Waals surface area contributed by atoms with Gasteiger partial charge in [0.05, 0.1) is 15.6 Å². The molecule has 6 heteroatoms. The molecule has 0 saturated heterocycles. The van der Waals surface area contributed by atoms with Gasteiger partial charge in [-0.1, -0.05) is 77.8 Å². The second-order valence-electron chi connectivity index (χ2n) is 9.23. The van der Waals surface area contributed by atoms with E-state index in [0.717, 1.165) is 48.2 Å². The van der Waals surface area contributed by atoms with Crippen LogP contribution in [0.1, 0.15) is 32.6 Å².